The van der Waals surface area contributed by atoms with Gasteiger partial charge in [0.05, 0.1) is 0 Å². The Morgan fingerprint density at radius 3 is 2.55 bits per heavy atom. The van der Waals surface area contributed by atoms with Gasteiger partial charge in [-0.05, 0) is 37.9 Å². The number of halogens is 2. The summed E-state index contributed by atoms with van der Waals surface area (Å²) in [6.07, 6.45) is 3.07. The predicted octanol–water partition coefficient (Wildman–Crippen LogP) is 1.76. The molecule has 1 aromatic carbocycles. The number of benzene rings is 1. The highest BCUT2D eigenvalue weighted by molar-refractivity contribution is 7.89. The van der Waals surface area contributed by atoms with E-state index in [2.05, 4.69) is 10.0 Å². The summed E-state index contributed by atoms with van der Waals surface area (Å²) in [5.41, 5.74) is -0.265. The number of sulfonamides is 1. The van der Waals surface area contributed by atoms with Crippen LogP contribution in [0.5, 0.6) is 0 Å². The molecule has 1 fully saturated rings. The number of hydrogen-bond acceptors (Lipinski definition) is 3. The second kappa shape index (κ2) is 6.15. The van der Waals surface area contributed by atoms with Crippen molar-refractivity contribution in [3.05, 3.63) is 29.3 Å². The Morgan fingerprint density at radius 2 is 2.00 bits per heavy atom. The first-order valence-corrected chi connectivity index (χ1v) is 8.05. The van der Waals surface area contributed by atoms with Gasteiger partial charge in [0.25, 0.3) is 0 Å². The van der Waals surface area contributed by atoms with E-state index >= 15 is 0 Å². The summed E-state index contributed by atoms with van der Waals surface area (Å²) in [5, 5.41) is 2.62. The highest BCUT2D eigenvalue weighted by Gasteiger charge is 2.25. The zero-order valence-electron chi connectivity index (χ0n) is 11.2. The molecule has 2 N–H and O–H groups in total. The van der Waals surface area contributed by atoms with Gasteiger partial charge in [0, 0.05) is 18.7 Å². The summed E-state index contributed by atoms with van der Waals surface area (Å²) in [5.74, 6) is -1.46. The first-order chi connectivity index (χ1) is 9.45. The molecule has 1 aliphatic rings. The average Bonchev–Trinajstić information content (AvgIpc) is 2.32. The van der Waals surface area contributed by atoms with Crippen molar-refractivity contribution in [3.63, 3.8) is 0 Å². The minimum atomic E-state index is -3.94. The third-order valence-corrected chi connectivity index (χ3v) is 5.02. The molecule has 0 radical (unpaired) electrons. The topological polar surface area (TPSA) is 58.2 Å². The van der Waals surface area contributed by atoms with Crippen LogP contribution in [0.15, 0.2) is 17.0 Å². The maximum absolute atomic E-state index is 14.1. The highest BCUT2D eigenvalue weighted by Crippen LogP contribution is 2.26. The number of hydrogen-bond donors (Lipinski definition) is 2. The average molecular weight is 304 g/mol. The quantitative estimate of drug-likeness (QED) is 0.842. The summed E-state index contributed by atoms with van der Waals surface area (Å²) in [7, 11) is -2.40. The Kier molecular flexibility index (Phi) is 4.72. The van der Waals surface area contributed by atoms with E-state index in [1.807, 2.05) is 0 Å². The van der Waals surface area contributed by atoms with E-state index in [-0.39, 0.29) is 12.1 Å². The molecule has 20 heavy (non-hydrogen) atoms. The van der Waals surface area contributed by atoms with Crippen molar-refractivity contribution in [2.24, 2.45) is 5.92 Å². The van der Waals surface area contributed by atoms with Gasteiger partial charge >= 0.3 is 0 Å². The van der Waals surface area contributed by atoms with Crippen molar-refractivity contribution in [2.75, 3.05) is 13.6 Å². The van der Waals surface area contributed by atoms with Gasteiger partial charge in [0.2, 0.25) is 10.0 Å². The maximum Gasteiger partial charge on any atom is 0.243 e. The first-order valence-electron chi connectivity index (χ1n) is 6.57. The Labute approximate surface area is 117 Å². The lowest BCUT2D eigenvalue weighted by Gasteiger charge is -2.25. The zero-order valence-corrected chi connectivity index (χ0v) is 12.1. The monoisotopic (exact) mass is 304 g/mol. The van der Waals surface area contributed by atoms with Crippen LogP contribution in [-0.4, -0.2) is 22.0 Å². The van der Waals surface area contributed by atoms with E-state index in [4.69, 9.17) is 0 Å². The van der Waals surface area contributed by atoms with Gasteiger partial charge in [0.15, 0.2) is 5.82 Å². The van der Waals surface area contributed by atoms with Crippen LogP contribution in [-0.2, 0) is 16.6 Å². The molecule has 0 unspecified atom stereocenters. The molecule has 1 aliphatic carbocycles. The molecule has 4 nitrogen and oxygen atoms in total. The Hall–Kier alpha value is -1.05. The van der Waals surface area contributed by atoms with Crippen molar-refractivity contribution in [1.82, 2.24) is 10.0 Å². The molecule has 0 heterocycles. The second-order valence-electron chi connectivity index (χ2n) is 5.02. The molecular formula is C13H18F2N2O2S. The van der Waals surface area contributed by atoms with E-state index in [0.29, 0.717) is 12.5 Å². The standard InChI is InChI=1S/C13H18F2N2O2S/c1-16-8-10-11(14)5-6-12(13(10)15)20(18,19)17-7-9-3-2-4-9/h5-6,9,16-17H,2-4,7-8H2,1H3. The van der Waals surface area contributed by atoms with Crippen LogP contribution in [0.3, 0.4) is 0 Å². The van der Waals surface area contributed by atoms with Gasteiger partial charge in [-0.3, -0.25) is 0 Å². The lowest BCUT2D eigenvalue weighted by Crippen LogP contribution is -2.33. The van der Waals surface area contributed by atoms with Gasteiger partial charge in [-0.25, -0.2) is 21.9 Å². The van der Waals surface area contributed by atoms with Crippen LogP contribution in [0.2, 0.25) is 0 Å². The van der Waals surface area contributed by atoms with Crippen molar-refractivity contribution in [2.45, 2.75) is 30.7 Å². The zero-order chi connectivity index (χ0) is 14.8. The van der Waals surface area contributed by atoms with Gasteiger partial charge in [0.1, 0.15) is 10.7 Å². The lowest BCUT2D eigenvalue weighted by molar-refractivity contribution is 0.316. The fraction of sp³-hybridized carbons (Fsp3) is 0.538. The molecule has 2 rings (SSSR count). The molecular weight excluding hydrogens is 286 g/mol. The fourth-order valence-electron chi connectivity index (χ4n) is 2.12. The molecule has 112 valence electrons. The van der Waals surface area contributed by atoms with E-state index in [1.165, 1.54) is 7.05 Å². The van der Waals surface area contributed by atoms with Crippen molar-refractivity contribution in [3.8, 4) is 0 Å². The van der Waals surface area contributed by atoms with E-state index in [1.54, 1.807) is 0 Å². The van der Waals surface area contributed by atoms with Crippen molar-refractivity contribution < 1.29 is 17.2 Å². The second-order valence-corrected chi connectivity index (χ2v) is 6.75. The lowest BCUT2D eigenvalue weighted by atomic mass is 9.86. The largest absolute Gasteiger partial charge is 0.315 e. The van der Waals surface area contributed by atoms with Gasteiger partial charge in [-0.1, -0.05) is 6.42 Å². The summed E-state index contributed by atoms with van der Waals surface area (Å²) in [6.45, 7) is 0.240. The number of nitrogens with one attached hydrogen (secondary N) is 2. The summed E-state index contributed by atoms with van der Waals surface area (Å²) in [6, 6.07) is 1.95. The van der Waals surface area contributed by atoms with E-state index in [0.717, 1.165) is 31.4 Å². The van der Waals surface area contributed by atoms with Gasteiger partial charge in [-0.2, -0.15) is 0 Å². The van der Waals surface area contributed by atoms with Gasteiger partial charge < -0.3 is 5.32 Å². The molecule has 1 aromatic rings. The molecule has 0 amide bonds. The smallest absolute Gasteiger partial charge is 0.243 e. The molecule has 0 aliphatic heterocycles. The summed E-state index contributed by atoms with van der Waals surface area (Å²) in [4.78, 5) is -0.497. The van der Waals surface area contributed by atoms with Crippen LogP contribution in [0.4, 0.5) is 8.78 Å². The molecule has 0 atom stereocenters. The fourth-order valence-corrected chi connectivity index (χ4v) is 3.34. The normalized spacial score (nSPS) is 16.1. The van der Waals surface area contributed by atoms with E-state index < -0.39 is 26.6 Å². The molecule has 0 saturated heterocycles. The molecule has 7 heteroatoms. The van der Waals surface area contributed by atoms with Crippen LogP contribution in [0.25, 0.3) is 0 Å². The first kappa shape index (κ1) is 15.3. The van der Waals surface area contributed by atoms with Crippen LogP contribution in [0, 0.1) is 17.6 Å². The number of rotatable bonds is 6. The third kappa shape index (κ3) is 3.16. The van der Waals surface area contributed by atoms with Crippen LogP contribution >= 0.6 is 0 Å². The maximum atomic E-state index is 14.1. The Morgan fingerprint density at radius 1 is 1.30 bits per heavy atom. The molecule has 0 aromatic heterocycles. The Balaban J connectivity index is 2.23. The van der Waals surface area contributed by atoms with Crippen molar-refractivity contribution >= 4 is 10.0 Å². The molecule has 0 spiro atoms. The minimum absolute atomic E-state index is 0.0658. The van der Waals surface area contributed by atoms with Gasteiger partial charge in [-0.15, -0.1) is 0 Å². The third-order valence-electron chi connectivity index (χ3n) is 3.58. The SMILES string of the molecule is CNCc1c(F)ccc(S(=O)(=O)NCC2CCC2)c1F. The Bertz CT molecular complexity index is 586. The molecule has 1 saturated carbocycles. The minimum Gasteiger partial charge on any atom is -0.315 e. The molecule has 0 bridgehead atoms. The van der Waals surface area contributed by atoms with E-state index in [9.17, 15) is 17.2 Å². The van der Waals surface area contributed by atoms with Crippen LogP contribution in [0.1, 0.15) is 24.8 Å². The van der Waals surface area contributed by atoms with Crippen LogP contribution < -0.4 is 10.0 Å². The van der Waals surface area contributed by atoms with Crippen molar-refractivity contribution in [1.29, 1.82) is 0 Å². The summed E-state index contributed by atoms with van der Waals surface area (Å²) >= 11 is 0. The highest BCUT2D eigenvalue weighted by atomic mass is 32.2. The predicted molar refractivity (Wildman–Crippen MR) is 71.7 cm³/mol. The summed E-state index contributed by atoms with van der Waals surface area (Å²) < 4.78 is 54.2.